The Hall–Kier alpha value is -0.480. The molecule has 1 heterocycles. The zero-order chi connectivity index (χ0) is 18.3. The number of guanidine groups is 1. The van der Waals surface area contributed by atoms with Crippen LogP contribution in [-0.2, 0) is 9.84 Å². The first-order valence-electron chi connectivity index (χ1n) is 8.86. The molecule has 0 amide bonds. The molecule has 5 nitrogen and oxygen atoms in total. The highest BCUT2D eigenvalue weighted by Gasteiger charge is 2.25. The van der Waals surface area contributed by atoms with Crippen LogP contribution in [0.25, 0.3) is 0 Å². The second kappa shape index (κ2) is 11.4. The van der Waals surface area contributed by atoms with Crippen LogP contribution >= 0.6 is 35.7 Å². The van der Waals surface area contributed by atoms with Crippen LogP contribution in [0, 0.1) is 5.92 Å². The van der Waals surface area contributed by atoms with Gasteiger partial charge in [-0.05, 0) is 25.0 Å². The van der Waals surface area contributed by atoms with E-state index in [1.807, 2.05) is 24.8 Å². The maximum atomic E-state index is 12.4. The summed E-state index contributed by atoms with van der Waals surface area (Å²) >= 11 is 2.02. The molecule has 0 radical (unpaired) electrons. The first-order valence-corrected chi connectivity index (χ1v) is 11.6. The molecule has 0 aliphatic carbocycles. The van der Waals surface area contributed by atoms with E-state index in [-0.39, 0.29) is 36.3 Å². The van der Waals surface area contributed by atoms with Gasteiger partial charge in [-0.15, -0.1) is 24.0 Å². The van der Waals surface area contributed by atoms with E-state index in [0.29, 0.717) is 16.1 Å². The van der Waals surface area contributed by atoms with Crippen LogP contribution in [0.1, 0.15) is 20.8 Å². The summed E-state index contributed by atoms with van der Waals surface area (Å²) in [5.41, 5.74) is 0. The van der Waals surface area contributed by atoms with E-state index in [1.165, 1.54) is 0 Å². The lowest BCUT2D eigenvalue weighted by Crippen LogP contribution is -2.49. The van der Waals surface area contributed by atoms with Gasteiger partial charge in [-0.3, -0.25) is 4.99 Å². The van der Waals surface area contributed by atoms with Crippen molar-refractivity contribution in [2.24, 2.45) is 10.9 Å². The summed E-state index contributed by atoms with van der Waals surface area (Å²) in [4.78, 5) is 7.21. The van der Waals surface area contributed by atoms with Crippen molar-refractivity contribution in [2.75, 3.05) is 37.7 Å². The van der Waals surface area contributed by atoms with Crippen molar-refractivity contribution in [1.82, 2.24) is 10.2 Å². The lowest BCUT2D eigenvalue weighted by atomic mass is 10.1. The minimum atomic E-state index is -3.28. The number of hydrogen-bond acceptors (Lipinski definition) is 4. The summed E-state index contributed by atoms with van der Waals surface area (Å²) in [6, 6.07) is 8.59. The largest absolute Gasteiger partial charge is 0.357 e. The second-order valence-corrected chi connectivity index (χ2v) is 9.92. The lowest BCUT2D eigenvalue weighted by molar-refractivity contribution is 0.381. The van der Waals surface area contributed by atoms with Crippen molar-refractivity contribution in [3.63, 3.8) is 0 Å². The Morgan fingerprint density at radius 1 is 1.35 bits per heavy atom. The monoisotopic (exact) mass is 511 g/mol. The van der Waals surface area contributed by atoms with Gasteiger partial charge < -0.3 is 10.2 Å². The molecule has 2 rings (SSSR count). The van der Waals surface area contributed by atoms with Crippen LogP contribution in [0.5, 0.6) is 0 Å². The van der Waals surface area contributed by atoms with E-state index < -0.39 is 9.84 Å². The van der Waals surface area contributed by atoms with Crippen LogP contribution in [-0.4, -0.2) is 62.2 Å². The van der Waals surface area contributed by atoms with Gasteiger partial charge in [0.25, 0.3) is 0 Å². The van der Waals surface area contributed by atoms with Gasteiger partial charge in [0.2, 0.25) is 0 Å². The number of nitrogens with zero attached hydrogens (tertiary/aromatic N) is 2. The Morgan fingerprint density at radius 2 is 2.04 bits per heavy atom. The van der Waals surface area contributed by atoms with Crippen molar-refractivity contribution in [3.8, 4) is 0 Å². The molecule has 1 N–H and O–H groups in total. The van der Waals surface area contributed by atoms with Crippen LogP contribution in [0.4, 0.5) is 0 Å². The molecule has 1 unspecified atom stereocenters. The second-order valence-electron chi connectivity index (χ2n) is 6.47. The lowest BCUT2D eigenvalue weighted by Gasteiger charge is -2.36. The van der Waals surface area contributed by atoms with Crippen molar-refractivity contribution in [1.29, 1.82) is 0 Å². The molecule has 26 heavy (non-hydrogen) atoms. The summed E-state index contributed by atoms with van der Waals surface area (Å²) in [5.74, 6) is 2.56. The summed E-state index contributed by atoms with van der Waals surface area (Å²) in [7, 11) is -3.28. The fourth-order valence-electron chi connectivity index (χ4n) is 2.71. The van der Waals surface area contributed by atoms with Gasteiger partial charge >= 0.3 is 0 Å². The van der Waals surface area contributed by atoms with Gasteiger partial charge in [0.15, 0.2) is 15.8 Å². The summed E-state index contributed by atoms with van der Waals surface area (Å²) in [6.45, 7) is 9.49. The molecular formula is C18H30IN3O2S2. The Balaban J connectivity index is 0.00000338. The molecule has 1 aromatic carbocycles. The third-order valence-electron chi connectivity index (χ3n) is 4.20. The van der Waals surface area contributed by atoms with Crippen molar-refractivity contribution < 1.29 is 8.42 Å². The molecule has 0 aromatic heterocycles. The van der Waals surface area contributed by atoms with E-state index >= 15 is 0 Å². The number of nitrogens with one attached hydrogen (secondary N) is 1. The SMILES string of the molecule is CCNC(=NCCS(=O)(=O)c1ccccc1)N1CCSC(C(C)C)C1.I. The zero-order valence-corrected chi connectivity index (χ0v) is 19.7. The molecule has 1 fully saturated rings. The summed E-state index contributed by atoms with van der Waals surface area (Å²) in [5, 5.41) is 3.90. The number of aliphatic imine (C=N–C) groups is 1. The number of thioether (sulfide) groups is 1. The van der Waals surface area contributed by atoms with Crippen LogP contribution < -0.4 is 5.32 Å². The van der Waals surface area contributed by atoms with Gasteiger partial charge in [-0.1, -0.05) is 32.0 Å². The van der Waals surface area contributed by atoms with Gasteiger partial charge in [0.1, 0.15) is 0 Å². The number of benzene rings is 1. The Morgan fingerprint density at radius 3 is 2.65 bits per heavy atom. The molecular weight excluding hydrogens is 481 g/mol. The van der Waals surface area contributed by atoms with Crippen molar-refractivity contribution in [3.05, 3.63) is 30.3 Å². The average molecular weight is 511 g/mol. The summed E-state index contributed by atoms with van der Waals surface area (Å²) in [6.07, 6.45) is 0. The topological polar surface area (TPSA) is 61.8 Å². The summed E-state index contributed by atoms with van der Waals surface area (Å²) < 4.78 is 24.8. The molecule has 1 aliphatic rings. The molecule has 1 atom stereocenters. The van der Waals surface area contributed by atoms with Gasteiger partial charge in [0.05, 0.1) is 17.2 Å². The van der Waals surface area contributed by atoms with E-state index in [4.69, 9.17) is 0 Å². The first-order chi connectivity index (χ1) is 11.9. The first kappa shape index (κ1) is 23.6. The fraction of sp³-hybridized carbons (Fsp3) is 0.611. The number of sulfone groups is 1. The van der Waals surface area contributed by atoms with Gasteiger partial charge in [-0.2, -0.15) is 11.8 Å². The molecule has 8 heteroatoms. The highest BCUT2D eigenvalue weighted by molar-refractivity contribution is 14.0. The minimum Gasteiger partial charge on any atom is -0.357 e. The fourth-order valence-corrected chi connectivity index (χ4v) is 5.15. The third-order valence-corrected chi connectivity index (χ3v) is 7.45. The van der Waals surface area contributed by atoms with Crippen molar-refractivity contribution >= 4 is 51.5 Å². The molecule has 0 spiro atoms. The molecule has 1 saturated heterocycles. The normalized spacial score (nSPS) is 18.5. The van der Waals surface area contributed by atoms with E-state index in [2.05, 4.69) is 29.1 Å². The molecule has 0 saturated carbocycles. The van der Waals surface area contributed by atoms with Gasteiger partial charge in [-0.25, -0.2) is 8.42 Å². The Labute approximate surface area is 179 Å². The Bertz CT molecular complexity index is 666. The highest BCUT2D eigenvalue weighted by atomic mass is 127. The number of rotatable bonds is 6. The highest BCUT2D eigenvalue weighted by Crippen LogP contribution is 2.24. The number of hydrogen-bond donors (Lipinski definition) is 1. The molecule has 1 aromatic rings. The van der Waals surface area contributed by atoms with Crippen LogP contribution in [0.3, 0.4) is 0 Å². The van der Waals surface area contributed by atoms with Crippen LogP contribution in [0.2, 0.25) is 0 Å². The quantitative estimate of drug-likeness (QED) is 0.362. The molecule has 0 bridgehead atoms. The smallest absolute Gasteiger partial charge is 0.194 e. The number of halogens is 1. The van der Waals surface area contributed by atoms with E-state index in [1.54, 1.807) is 24.3 Å². The van der Waals surface area contributed by atoms with Crippen LogP contribution in [0.15, 0.2) is 40.2 Å². The predicted molar refractivity (Wildman–Crippen MR) is 123 cm³/mol. The Kier molecular flexibility index (Phi) is 10.3. The van der Waals surface area contributed by atoms with Crippen molar-refractivity contribution in [2.45, 2.75) is 30.9 Å². The minimum absolute atomic E-state index is 0. The molecule has 148 valence electrons. The average Bonchev–Trinajstić information content (AvgIpc) is 2.62. The van der Waals surface area contributed by atoms with Gasteiger partial charge in [0, 0.05) is 30.6 Å². The van der Waals surface area contributed by atoms with E-state index in [0.717, 1.165) is 31.3 Å². The third kappa shape index (κ3) is 6.92. The zero-order valence-electron chi connectivity index (χ0n) is 15.7. The standard InChI is InChI=1S/C18H29N3O2S2.HI/c1-4-19-18(21-11-12-24-17(14-21)15(2)3)20-10-13-25(22,23)16-8-6-5-7-9-16;/h5-9,15,17H,4,10-14H2,1-3H3,(H,19,20);1H. The predicted octanol–water partition coefficient (Wildman–Crippen LogP) is 3.12. The van der Waals surface area contributed by atoms with E-state index in [9.17, 15) is 8.42 Å². The maximum absolute atomic E-state index is 12.4. The maximum Gasteiger partial charge on any atom is 0.194 e. The molecule has 1 aliphatic heterocycles.